The van der Waals surface area contributed by atoms with Gasteiger partial charge in [-0.2, -0.15) is 9.57 Å². The first-order valence-electron chi connectivity index (χ1n) is 7.98. The molecule has 9 nitrogen and oxygen atoms in total. The van der Waals surface area contributed by atoms with Gasteiger partial charge in [-0.25, -0.2) is 13.4 Å². The van der Waals surface area contributed by atoms with Gasteiger partial charge in [0.15, 0.2) is 0 Å². The van der Waals surface area contributed by atoms with E-state index in [2.05, 4.69) is 4.98 Å². The summed E-state index contributed by atoms with van der Waals surface area (Å²) in [7, 11) is -3.75. The van der Waals surface area contributed by atoms with E-state index in [1.54, 1.807) is 4.90 Å². The number of halogens is 2. The normalized spacial score (nSPS) is 15.2. The van der Waals surface area contributed by atoms with Crippen LogP contribution in [0.4, 0.5) is 11.5 Å². The van der Waals surface area contributed by atoms with Crippen molar-refractivity contribution in [2.24, 2.45) is 0 Å². The molecule has 0 unspecified atom stereocenters. The molecular weight excluding hydrogens is 429 g/mol. The highest BCUT2D eigenvalue weighted by Crippen LogP contribution is 2.28. The van der Waals surface area contributed by atoms with Crippen LogP contribution in [0.1, 0.15) is 5.56 Å². The zero-order valence-electron chi connectivity index (χ0n) is 14.2. The molecule has 0 saturated carbocycles. The highest BCUT2D eigenvalue weighted by atomic mass is 35.5. The van der Waals surface area contributed by atoms with Crippen LogP contribution < -0.4 is 4.90 Å². The number of sulfonamides is 1. The number of nitro groups is 1. The number of aromatic nitrogens is 1. The zero-order chi connectivity index (χ0) is 20.5. The van der Waals surface area contributed by atoms with Crippen LogP contribution in [0, 0.1) is 21.4 Å². The van der Waals surface area contributed by atoms with E-state index in [4.69, 9.17) is 23.2 Å². The lowest BCUT2D eigenvalue weighted by Gasteiger charge is -2.34. The molecule has 1 aliphatic heterocycles. The van der Waals surface area contributed by atoms with Crippen molar-refractivity contribution in [3.63, 3.8) is 0 Å². The van der Waals surface area contributed by atoms with Crippen molar-refractivity contribution >= 4 is 44.7 Å². The van der Waals surface area contributed by atoms with Gasteiger partial charge in [0.1, 0.15) is 23.6 Å². The van der Waals surface area contributed by atoms with Crippen LogP contribution in [0.3, 0.4) is 0 Å². The first-order valence-corrected chi connectivity index (χ1v) is 10.2. The van der Waals surface area contributed by atoms with Crippen LogP contribution in [0.2, 0.25) is 10.0 Å². The van der Waals surface area contributed by atoms with Gasteiger partial charge in [0.25, 0.3) is 5.69 Å². The summed E-state index contributed by atoms with van der Waals surface area (Å²) in [6.07, 6.45) is 1.08. The molecule has 1 aromatic carbocycles. The van der Waals surface area contributed by atoms with E-state index in [-0.39, 0.29) is 52.4 Å². The molecule has 2 aromatic rings. The molecule has 0 amide bonds. The van der Waals surface area contributed by atoms with E-state index in [1.165, 1.54) is 22.5 Å². The largest absolute Gasteiger partial charge is 0.353 e. The number of hydrogen-bond acceptors (Lipinski definition) is 7. The number of anilines is 1. The van der Waals surface area contributed by atoms with Crippen LogP contribution in [0.25, 0.3) is 0 Å². The van der Waals surface area contributed by atoms with Crippen molar-refractivity contribution in [3.8, 4) is 6.07 Å². The van der Waals surface area contributed by atoms with E-state index in [9.17, 15) is 23.8 Å². The Hall–Kier alpha value is -2.45. The minimum Gasteiger partial charge on any atom is -0.353 e. The van der Waals surface area contributed by atoms with E-state index < -0.39 is 14.9 Å². The van der Waals surface area contributed by atoms with Crippen molar-refractivity contribution in [2.75, 3.05) is 31.1 Å². The van der Waals surface area contributed by atoms with Gasteiger partial charge in [-0.1, -0.05) is 23.2 Å². The quantitative estimate of drug-likeness (QED) is 0.527. The van der Waals surface area contributed by atoms with Gasteiger partial charge >= 0.3 is 0 Å². The fraction of sp³-hybridized carbons (Fsp3) is 0.250. The van der Waals surface area contributed by atoms with E-state index in [1.807, 2.05) is 6.07 Å². The van der Waals surface area contributed by atoms with Gasteiger partial charge in [-0.3, -0.25) is 10.1 Å². The maximum Gasteiger partial charge on any atom is 0.289 e. The lowest BCUT2D eigenvalue weighted by molar-refractivity contribution is -0.385. The van der Waals surface area contributed by atoms with E-state index >= 15 is 0 Å². The number of hydrogen-bond donors (Lipinski definition) is 0. The highest BCUT2D eigenvalue weighted by Gasteiger charge is 2.30. The van der Waals surface area contributed by atoms with Crippen molar-refractivity contribution in [1.29, 1.82) is 5.26 Å². The molecule has 0 spiro atoms. The standard InChI is InChI=1S/C16H13Cl2N5O4S/c17-14-2-1-13(8-15(14)18)28(26,27)22-5-3-21(4-6-22)16-11(9-19)7-12(10-20-16)23(24)25/h1-2,7-8,10H,3-6H2. The second-order valence-corrected chi connectivity index (χ2v) is 8.65. The molecule has 1 saturated heterocycles. The third-order valence-electron chi connectivity index (χ3n) is 4.25. The highest BCUT2D eigenvalue weighted by molar-refractivity contribution is 7.89. The summed E-state index contributed by atoms with van der Waals surface area (Å²) in [5, 5.41) is 20.5. The predicted molar refractivity (Wildman–Crippen MR) is 103 cm³/mol. The Morgan fingerprint density at radius 3 is 2.39 bits per heavy atom. The van der Waals surface area contributed by atoms with Crippen molar-refractivity contribution in [2.45, 2.75) is 4.90 Å². The maximum absolute atomic E-state index is 12.8. The minimum absolute atomic E-state index is 0.0431. The summed E-state index contributed by atoms with van der Waals surface area (Å²) < 4.78 is 26.9. The summed E-state index contributed by atoms with van der Waals surface area (Å²) in [5.41, 5.74) is -0.212. The third kappa shape index (κ3) is 3.88. The summed E-state index contributed by atoms with van der Waals surface area (Å²) in [4.78, 5) is 16.0. The molecule has 0 bridgehead atoms. The molecule has 0 atom stereocenters. The van der Waals surface area contributed by atoms with Gasteiger partial charge in [-0.05, 0) is 18.2 Å². The van der Waals surface area contributed by atoms with Crippen LogP contribution >= 0.6 is 23.2 Å². The number of pyridine rings is 1. The van der Waals surface area contributed by atoms with Crippen LogP contribution in [0.15, 0.2) is 35.4 Å². The lowest BCUT2D eigenvalue weighted by atomic mass is 10.2. The summed E-state index contributed by atoms with van der Waals surface area (Å²) in [5.74, 6) is 0.291. The molecule has 1 aromatic heterocycles. The Bertz CT molecular complexity index is 1080. The van der Waals surface area contributed by atoms with Crippen LogP contribution in [0.5, 0.6) is 0 Å². The molecule has 146 valence electrons. The molecule has 0 N–H and O–H groups in total. The van der Waals surface area contributed by atoms with Crippen molar-refractivity contribution in [1.82, 2.24) is 9.29 Å². The topological polar surface area (TPSA) is 120 Å². The van der Waals surface area contributed by atoms with Gasteiger partial charge in [0.2, 0.25) is 10.0 Å². The zero-order valence-corrected chi connectivity index (χ0v) is 16.6. The minimum atomic E-state index is -3.75. The van der Waals surface area contributed by atoms with Gasteiger partial charge in [-0.15, -0.1) is 0 Å². The second-order valence-electron chi connectivity index (χ2n) is 5.90. The smallest absolute Gasteiger partial charge is 0.289 e. The average Bonchev–Trinajstić information content (AvgIpc) is 2.69. The molecular formula is C16H13Cl2N5O4S. The van der Waals surface area contributed by atoms with Crippen LogP contribution in [-0.4, -0.2) is 48.8 Å². The lowest BCUT2D eigenvalue weighted by Crippen LogP contribution is -2.49. The van der Waals surface area contributed by atoms with Gasteiger partial charge in [0, 0.05) is 32.2 Å². The summed E-state index contributed by atoms with van der Waals surface area (Å²) in [6, 6.07) is 7.17. The van der Waals surface area contributed by atoms with E-state index in [0.717, 1.165) is 12.3 Å². The monoisotopic (exact) mass is 441 g/mol. The molecule has 0 radical (unpaired) electrons. The predicted octanol–water partition coefficient (Wildman–Crippen LogP) is 2.68. The number of piperazine rings is 1. The average molecular weight is 442 g/mol. The number of nitrogens with zero attached hydrogens (tertiary/aromatic N) is 5. The molecule has 1 fully saturated rings. The SMILES string of the molecule is N#Cc1cc([N+](=O)[O-])cnc1N1CCN(S(=O)(=O)c2ccc(Cl)c(Cl)c2)CC1. The van der Waals surface area contributed by atoms with Gasteiger partial charge in [0.05, 0.1) is 19.9 Å². The summed E-state index contributed by atoms with van der Waals surface area (Å²) >= 11 is 11.8. The molecule has 2 heterocycles. The molecule has 1 aliphatic rings. The Morgan fingerprint density at radius 2 is 1.82 bits per heavy atom. The van der Waals surface area contributed by atoms with Gasteiger partial charge < -0.3 is 4.90 Å². The molecule has 0 aliphatic carbocycles. The first kappa shape index (κ1) is 20.3. The fourth-order valence-electron chi connectivity index (χ4n) is 2.81. The Balaban J connectivity index is 1.78. The molecule has 12 heteroatoms. The number of benzene rings is 1. The molecule has 28 heavy (non-hydrogen) atoms. The number of rotatable bonds is 4. The van der Waals surface area contributed by atoms with E-state index in [0.29, 0.717) is 5.82 Å². The summed E-state index contributed by atoms with van der Waals surface area (Å²) in [6.45, 7) is 0.873. The Kier molecular flexibility index (Phi) is 5.71. The second kappa shape index (κ2) is 7.89. The third-order valence-corrected chi connectivity index (χ3v) is 6.88. The number of nitriles is 1. The fourth-order valence-corrected chi connectivity index (χ4v) is 4.62. The maximum atomic E-state index is 12.8. The Labute approximate surface area is 170 Å². The first-order chi connectivity index (χ1) is 13.2. The van der Waals surface area contributed by atoms with Crippen molar-refractivity contribution < 1.29 is 13.3 Å². The molecule has 3 rings (SSSR count). The van der Waals surface area contributed by atoms with Crippen LogP contribution in [-0.2, 0) is 10.0 Å². The van der Waals surface area contributed by atoms with Crippen molar-refractivity contribution in [3.05, 3.63) is 56.2 Å². The Morgan fingerprint density at radius 1 is 1.14 bits per heavy atom.